The second-order valence-electron chi connectivity index (χ2n) is 6.07. The Labute approximate surface area is 145 Å². The van der Waals surface area contributed by atoms with Gasteiger partial charge in [0.1, 0.15) is 10.8 Å². The van der Waals surface area contributed by atoms with E-state index in [4.69, 9.17) is 4.74 Å². The zero-order valence-electron chi connectivity index (χ0n) is 13.9. The lowest BCUT2D eigenvalue weighted by Gasteiger charge is -2.18. The molecule has 5 heteroatoms. The largest absolute Gasteiger partial charge is 0.507 e. The maximum Gasteiger partial charge on any atom is 0.341 e. The number of nitrogens with zero attached hydrogens (tertiary/aromatic N) is 1. The van der Waals surface area contributed by atoms with Gasteiger partial charge >= 0.3 is 5.97 Å². The number of thiophene rings is 1. The van der Waals surface area contributed by atoms with Crippen LogP contribution in [-0.2, 0) is 17.6 Å². The highest BCUT2D eigenvalue weighted by Crippen LogP contribution is 2.41. The minimum atomic E-state index is -0.297. The van der Waals surface area contributed by atoms with Gasteiger partial charge in [-0.2, -0.15) is 0 Å². The third-order valence-electron chi connectivity index (χ3n) is 4.23. The number of hydrogen-bond donors (Lipinski definition) is 1. The highest BCUT2D eigenvalue weighted by Gasteiger charge is 2.28. The summed E-state index contributed by atoms with van der Waals surface area (Å²) in [5.41, 5.74) is 2.34. The Hall–Kier alpha value is -2.14. The number of ether oxygens (including phenoxy) is 1. The quantitative estimate of drug-likeness (QED) is 0.656. The van der Waals surface area contributed by atoms with E-state index in [1.807, 2.05) is 13.0 Å². The van der Waals surface area contributed by atoms with E-state index in [0.717, 1.165) is 24.8 Å². The summed E-state index contributed by atoms with van der Waals surface area (Å²) in [6.45, 7) is 4.39. The molecule has 1 aromatic carbocycles. The number of benzene rings is 1. The van der Waals surface area contributed by atoms with Crippen molar-refractivity contribution in [1.29, 1.82) is 0 Å². The number of carbonyl (C=O) groups is 1. The maximum atomic E-state index is 12.4. The van der Waals surface area contributed by atoms with Crippen molar-refractivity contribution in [2.45, 2.75) is 33.1 Å². The van der Waals surface area contributed by atoms with Crippen molar-refractivity contribution in [3.63, 3.8) is 0 Å². The molecule has 1 heterocycles. The second-order valence-corrected chi connectivity index (χ2v) is 7.15. The Morgan fingerprint density at radius 3 is 3.00 bits per heavy atom. The van der Waals surface area contributed by atoms with Gasteiger partial charge in [0, 0.05) is 16.7 Å². The van der Waals surface area contributed by atoms with E-state index in [9.17, 15) is 9.90 Å². The van der Waals surface area contributed by atoms with E-state index in [1.165, 1.54) is 4.88 Å². The van der Waals surface area contributed by atoms with Gasteiger partial charge in [-0.05, 0) is 49.8 Å². The maximum absolute atomic E-state index is 12.4. The molecule has 1 aliphatic rings. The van der Waals surface area contributed by atoms with Crippen LogP contribution >= 0.6 is 11.3 Å². The van der Waals surface area contributed by atoms with Crippen molar-refractivity contribution in [3.8, 4) is 5.75 Å². The topological polar surface area (TPSA) is 58.9 Å². The van der Waals surface area contributed by atoms with Crippen molar-refractivity contribution in [3.05, 3.63) is 45.8 Å². The Morgan fingerprint density at radius 2 is 2.25 bits per heavy atom. The zero-order chi connectivity index (χ0) is 17.1. The third kappa shape index (κ3) is 3.36. The fourth-order valence-corrected chi connectivity index (χ4v) is 4.31. The normalized spacial score (nSPS) is 17.0. The van der Waals surface area contributed by atoms with Gasteiger partial charge < -0.3 is 9.84 Å². The molecular weight excluding hydrogens is 322 g/mol. The molecule has 0 bridgehead atoms. The molecule has 0 unspecified atom stereocenters. The van der Waals surface area contributed by atoms with E-state index in [2.05, 4.69) is 11.9 Å². The summed E-state index contributed by atoms with van der Waals surface area (Å²) >= 11 is 1.56. The SMILES string of the molecule is CCOC(=O)c1c(N=Cc2ccccc2O)sc2c1CC[C@H](C)C2. The number of aromatic hydroxyl groups is 1. The predicted octanol–water partition coefficient (Wildman–Crippen LogP) is 4.51. The van der Waals surface area contributed by atoms with Crippen LogP contribution in [0.2, 0.25) is 0 Å². The van der Waals surface area contributed by atoms with E-state index in [1.54, 1.807) is 35.8 Å². The Morgan fingerprint density at radius 1 is 1.46 bits per heavy atom. The Balaban J connectivity index is 2.00. The molecule has 126 valence electrons. The van der Waals surface area contributed by atoms with Gasteiger partial charge in [0.25, 0.3) is 0 Å². The summed E-state index contributed by atoms with van der Waals surface area (Å²) in [6.07, 6.45) is 4.57. The molecule has 0 radical (unpaired) electrons. The van der Waals surface area contributed by atoms with Crippen LogP contribution in [0.15, 0.2) is 29.3 Å². The summed E-state index contributed by atoms with van der Waals surface area (Å²) in [6, 6.07) is 7.02. The van der Waals surface area contributed by atoms with Crippen LogP contribution in [0.25, 0.3) is 0 Å². The summed E-state index contributed by atoms with van der Waals surface area (Å²) in [4.78, 5) is 18.2. The predicted molar refractivity (Wildman–Crippen MR) is 96.8 cm³/mol. The van der Waals surface area contributed by atoms with Crippen molar-refractivity contribution in [1.82, 2.24) is 0 Å². The monoisotopic (exact) mass is 343 g/mol. The van der Waals surface area contributed by atoms with Gasteiger partial charge in [-0.3, -0.25) is 0 Å². The molecule has 1 aromatic heterocycles. The van der Waals surface area contributed by atoms with E-state index in [0.29, 0.717) is 28.7 Å². The highest BCUT2D eigenvalue weighted by atomic mass is 32.1. The van der Waals surface area contributed by atoms with Gasteiger partial charge in [0.15, 0.2) is 0 Å². The summed E-state index contributed by atoms with van der Waals surface area (Å²) < 4.78 is 5.24. The third-order valence-corrected chi connectivity index (χ3v) is 5.39. The lowest BCUT2D eigenvalue weighted by Crippen LogP contribution is -2.13. The molecule has 0 saturated heterocycles. The molecule has 0 spiro atoms. The average Bonchev–Trinajstić information content (AvgIpc) is 2.91. The van der Waals surface area contributed by atoms with Crippen LogP contribution in [0, 0.1) is 5.92 Å². The van der Waals surface area contributed by atoms with Crippen LogP contribution < -0.4 is 0 Å². The number of hydrogen-bond acceptors (Lipinski definition) is 5. The molecular formula is C19H21NO3S. The first-order valence-electron chi connectivity index (χ1n) is 8.23. The number of rotatable bonds is 4. The van der Waals surface area contributed by atoms with Gasteiger partial charge in [-0.15, -0.1) is 11.3 Å². The van der Waals surface area contributed by atoms with E-state index in [-0.39, 0.29) is 11.7 Å². The van der Waals surface area contributed by atoms with E-state index < -0.39 is 0 Å². The number of fused-ring (bicyclic) bond motifs is 1. The first kappa shape index (κ1) is 16.7. The molecule has 0 aliphatic heterocycles. The Kier molecular flexibility index (Phi) is 5.00. The first-order chi connectivity index (χ1) is 11.6. The van der Waals surface area contributed by atoms with Crippen molar-refractivity contribution in [2.75, 3.05) is 6.61 Å². The standard InChI is InChI=1S/C19H21NO3S/c1-3-23-19(22)17-14-9-8-12(2)10-16(14)24-18(17)20-11-13-6-4-5-7-15(13)21/h4-7,11-12,21H,3,8-10H2,1-2H3/t12-/m0/s1. The lowest BCUT2D eigenvalue weighted by molar-refractivity contribution is 0.0526. The first-order valence-corrected chi connectivity index (χ1v) is 9.05. The van der Waals surface area contributed by atoms with Gasteiger partial charge in [-0.25, -0.2) is 9.79 Å². The lowest BCUT2D eigenvalue weighted by atomic mass is 9.88. The zero-order valence-corrected chi connectivity index (χ0v) is 14.7. The fraction of sp³-hybridized carbons (Fsp3) is 0.368. The highest BCUT2D eigenvalue weighted by molar-refractivity contribution is 7.16. The fourth-order valence-electron chi connectivity index (χ4n) is 2.97. The van der Waals surface area contributed by atoms with Gasteiger partial charge in [0.05, 0.1) is 12.2 Å². The van der Waals surface area contributed by atoms with Crippen molar-refractivity contribution in [2.24, 2.45) is 10.9 Å². The molecule has 4 nitrogen and oxygen atoms in total. The molecule has 0 fully saturated rings. The van der Waals surface area contributed by atoms with Crippen LogP contribution in [0.3, 0.4) is 0 Å². The summed E-state index contributed by atoms with van der Waals surface area (Å²) in [5, 5.41) is 10.5. The smallest absolute Gasteiger partial charge is 0.341 e. The number of aliphatic imine (C=N–C) groups is 1. The molecule has 1 aliphatic carbocycles. The molecule has 3 rings (SSSR count). The number of phenolic OH excluding ortho intramolecular Hbond substituents is 1. The van der Waals surface area contributed by atoms with Gasteiger partial charge in [0.2, 0.25) is 0 Å². The Bertz CT molecular complexity index is 779. The van der Waals surface area contributed by atoms with Crippen LogP contribution in [0.4, 0.5) is 5.00 Å². The number of esters is 1. The summed E-state index contributed by atoms with van der Waals surface area (Å²) in [5.74, 6) is 0.504. The number of carbonyl (C=O) groups excluding carboxylic acids is 1. The van der Waals surface area contributed by atoms with Crippen molar-refractivity contribution >= 4 is 28.5 Å². The summed E-state index contributed by atoms with van der Waals surface area (Å²) in [7, 11) is 0. The molecule has 0 amide bonds. The minimum Gasteiger partial charge on any atom is -0.507 e. The van der Waals surface area contributed by atoms with Crippen LogP contribution in [0.1, 0.15) is 46.6 Å². The average molecular weight is 343 g/mol. The van der Waals surface area contributed by atoms with E-state index >= 15 is 0 Å². The van der Waals surface area contributed by atoms with Crippen LogP contribution in [-0.4, -0.2) is 23.9 Å². The number of para-hydroxylation sites is 1. The van der Waals surface area contributed by atoms with Crippen molar-refractivity contribution < 1.29 is 14.6 Å². The molecule has 2 aromatic rings. The molecule has 1 N–H and O–H groups in total. The molecule has 1 atom stereocenters. The second kappa shape index (κ2) is 7.18. The minimum absolute atomic E-state index is 0.175. The molecule has 0 saturated carbocycles. The molecule has 24 heavy (non-hydrogen) atoms. The van der Waals surface area contributed by atoms with Crippen LogP contribution in [0.5, 0.6) is 5.75 Å². The number of phenols is 1. The van der Waals surface area contributed by atoms with Gasteiger partial charge in [-0.1, -0.05) is 19.1 Å².